The molecule has 1 N–H and O–H groups in total. The van der Waals surface area contributed by atoms with Crippen molar-refractivity contribution in [2.45, 2.75) is 51.7 Å². The molecule has 106 valence electrons. The van der Waals surface area contributed by atoms with E-state index in [1.807, 2.05) is 12.5 Å². The van der Waals surface area contributed by atoms with E-state index >= 15 is 0 Å². The van der Waals surface area contributed by atoms with Crippen LogP contribution in [0.2, 0.25) is 0 Å². The van der Waals surface area contributed by atoms with E-state index in [9.17, 15) is 0 Å². The summed E-state index contributed by atoms with van der Waals surface area (Å²) in [4.78, 5) is 4.26. The molecule has 1 saturated carbocycles. The van der Waals surface area contributed by atoms with Crippen LogP contribution in [0.5, 0.6) is 0 Å². The second-order valence-electron chi connectivity index (χ2n) is 6.02. The Morgan fingerprint density at radius 1 is 1.20 bits per heavy atom. The molecule has 0 radical (unpaired) electrons. The molecule has 3 nitrogen and oxygen atoms in total. The Morgan fingerprint density at radius 3 is 2.60 bits per heavy atom. The van der Waals surface area contributed by atoms with Crippen LogP contribution in [-0.4, -0.2) is 9.55 Å². The van der Waals surface area contributed by atoms with E-state index in [1.54, 1.807) is 0 Å². The lowest BCUT2D eigenvalue weighted by Gasteiger charge is -2.09. The minimum absolute atomic E-state index is 0.602. The van der Waals surface area contributed by atoms with Crippen LogP contribution in [0.1, 0.15) is 55.5 Å². The van der Waals surface area contributed by atoms with Crippen molar-refractivity contribution in [1.82, 2.24) is 14.9 Å². The summed E-state index contributed by atoms with van der Waals surface area (Å²) in [5.41, 5.74) is 4.04. The van der Waals surface area contributed by atoms with Gasteiger partial charge in [-0.1, -0.05) is 38.1 Å². The van der Waals surface area contributed by atoms with Gasteiger partial charge in [0.05, 0.1) is 12.0 Å². The van der Waals surface area contributed by atoms with Crippen LogP contribution in [0.15, 0.2) is 36.8 Å². The van der Waals surface area contributed by atoms with Gasteiger partial charge in [-0.15, -0.1) is 0 Å². The Hall–Kier alpha value is -1.61. The molecule has 0 saturated heterocycles. The fraction of sp³-hybridized carbons (Fsp3) is 0.471. The molecule has 0 atom stereocenters. The number of hydrogen-bond acceptors (Lipinski definition) is 2. The molecule has 1 aromatic carbocycles. The predicted octanol–water partition coefficient (Wildman–Crippen LogP) is 3.63. The molecule has 20 heavy (non-hydrogen) atoms. The smallest absolute Gasteiger partial charge is 0.0951 e. The highest BCUT2D eigenvalue weighted by atomic mass is 15.1. The predicted molar refractivity (Wildman–Crippen MR) is 81.6 cm³/mol. The van der Waals surface area contributed by atoms with Crippen LogP contribution in [0.25, 0.3) is 0 Å². The maximum Gasteiger partial charge on any atom is 0.0951 e. The van der Waals surface area contributed by atoms with E-state index in [0.29, 0.717) is 12.0 Å². The van der Waals surface area contributed by atoms with E-state index in [4.69, 9.17) is 0 Å². The number of benzene rings is 1. The average molecular weight is 269 g/mol. The summed E-state index contributed by atoms with van der Waals surface area (Å²) in [5, 5.41) is 3.51. The van der Waals surface area contributed by atoms with E-state index in [2.05, 4.69) is 53.0 Å². The highest BCUT2D eigenvalue weighted by Crippen LogP contribution is 2.35. The first-order valence-electron chi connectivity index (χ1n) is 7.54. The normalized spacial score (nSPS) is 14.9. The summed E-state index contributed by atoms with van der Waals surface area (Å²) in [6.07, 6.45) is 6.55. The van der Waals surface area contributed by atoms with Gasteiger partial charge in [0.25, 0.3) is 0 Å². The van der Waals surface area contributed by atoms with Crippen LogP contribution in [0.3, 0.4) is 0 Å². The second-order valence-corrected chi connectivity index (χ2v) is 6.02. The summed E-state index contributed by atoms with van der Waals surface area (Å²) in [5.74, 6) is 0.602. The lowest BCUT2D eigenvalue weighted by Crippen LogP contribution is -2.15. The van der Waals surface area contributed by atoms with Gasteiger partial charge in [-0.3, -0.25) is 0 Å². The van der Waals surface area contributed by atoms with E-state index in [-0.39, 0.29) is 0 Å². The van der Waals surface area contributed by atoms with Crippen molar-refractivity contribution in [3.8, 4) is 0 Å². The Balaban J connectivity index is 1.53. The first kappa shape index (κ1) is 13.4. The number of nitrogens with zero attached hydrogens (tertiary/aromatic N) is 2. The quantitative estimate of drug-likeness (QED) is 0.868. The number of rotatable bonds is 6. The van der Waals surface area contributed by atoms with Crippen molar-refractivity contribution in [3.63, 3.8) is 0 Å². The zero-order valence-corrected chi connectivity index (χ0v) is 12.3. The summed E-state index contributed by atoms with van der Waals surface area (Å²) in [6, 6.07) is 9.62. The van der Waals surface area contributed by atoms with Crippen molar-refractivity contribution in [1.29, 1.82) is 0 Å². The molecule has 0 bridgehead atoms. The summed E-state index contributed by atoms with van der Waals surface area (Å²) >= 11 is 0. The van der Waals surface area contributed by atoms with E-state index in [1.165, 1.54) is 29.7 Å². The number of nitrogens with one attached hydrogen (secondary N) is 1. The standard InChI is InChI=1S/C17H23N3/c1-13(2)15-5-3-14(4-6-15)9-18-10-17-11-19-12-20(17)16-7-8-16/h3-6,11-13,16,18H,7-10H2,1-2H3. The van der Waals surface area contributed by atoms with Gasteiger partial charge in [-0.05, 0) is 29.9 Å². The van der Waals surface area contributed by atoms with Crippen molar-refractivity contribution in [2.75, 3.05) is 0 Å². The molecule has 1 fully saturated rings. The first-order chi connectivity index (χ1) is 9.74. The van der Waals surface area contributed by atoms with Crippen molar-refractivity contribution in [3.05, 3.63) is 53.6 Å². The van der Waals surface area contributed by atoms with Gasteiger partial charge in [0.1, 0.15) is 0 Å². The second kappa shape index (κ2) is 5.80. The molecule has 1 aliphatic carbocycles. The molecule has 2 aromatic rings. The summed E-state index contributed by atoms with van der Waals surface area (Å²) < 4.78 is 2.31. The lowest BCUT2D eigenvalue weighted by atomic mass is 10.0. The summed E-state index contributed by atoms with van der Waals surface area (Å²) in [6.45, 7) is 6.26. The Kier molecular flexibility index (Phi) is 3.88. The summed E-state index contributed by atoms with van der Waals surface area (Å²) in [7, 11) is 0. The molecule has 0 aliphatic heterocycles. The SMILES string of the molecule is CC(C)c1ccc(CNCc2cncn2C2CC2)cc1. The highest BCUT2D eigenvalue weighted by molar-refractivity contribution is 5.24. The monoisotopic (exact) mass is 269 g/mol. The topological polar surface area (TPSA) is 29.9 Å². The zero-order valence-electron chi connectivity index (χ0n) is 12.3. The molecule has 1 heterocycles. The van der Waals surface area contributed by atoms with Crippen molar-refractivity contribution < 1.29 is 0 Å². The van der Waals surface area contributed by atoms with Gasteiger partial charge in [0, 0.05) is 25.3 Å². The molecule has 0 amide bonds. The lowest BCUT2D eigenvalue weighted by molar-refractivity contribution is 0.620. The van der Waals surface area contributed by atoms with Crippen molar-refractivity contribution >= 4 is 0 Å². The van der Waals surface area contributed by atoms with Gasteiger partial charge in [0.2, 0.25) is 0 Å². The third-order valence-electron chi connectivity index (χ3n) is 3.97. The fourth-order valence-corrected chi connectivity index (χ4v) is 2.51. The van der Waals surface area contributed by atoms with Gasteiger partial charge in [0.15, 0.2) is 0 Å². The Labute approximate surface area is 121 Å². The Morgan fingerprint density at radius 2 is 1.95 bits per heavy atom. The van der Waals surface area contributed by atoms with Gasteiger partial charge < -0.3 is 9.88 Å². The number of aromatic nitrogens is 2. The molecule has 3 rings (SSSR count). The maximum absolute atomic E-state index is 4.26. The molecule has 0 spiro atoms. The van der Waals surface area contributed by atoms with Crippen molar-refractivity contribution in [2.24, 2.45) is 0 Å². The van der Waals surface area contributed by atoms with Crippen LogP contribution >= 0.6 is 0 Å². The number of hydrogen-bond donors (Lipinski definition) is 1. The van der Waals surface area contributed by atoms with Crippen LogP contribution in [-0.2, 0) is 13.1 Å². The third-order valence-corrected chi connectivity index (χ3v) is 3.97. The first-order valence-corrected chi connectivity index (χ1v) is 7.54. The van der Waals surface area contributed by atoms with E-state index < -0.39 is 0 Å². The van der Waals surface area contributed by atoms with Crippen LogP contribution in [0, 0.1) is 0 Å². The Bertz CT molecular complexity index is 550. The van der Waals surface area contributed by atoms with Gasteiger partial charge in [-0.2, -0.15) is 0 Å². The van der Waals surface area contributed by atoms with E-state index in [0.717, 1.165) is 13.1 Å². The molecular formula is C17H23N3. The maximum atomic E-state index is 4.26. The largest absolute Gasteiger partial charge is 0.330 e. The van der Waals surface area contributed by atoms with Gasteiger partial charge in [-0.25, -0.2) is 4.98 Å². The zero-order chi connectivity index (χ0) is 13.9. The van der Waals surface area contributed by atoms with Crippen LogP contribution in [0.4, 0.5) is 0 Å². The van der Waals surface area contributed by atoms with Crippen LogP contribution < -0.4 is 5.32 Å². The van der Waals surface area contributed by atoms with Gasteiger partial charge >= 0.3 is 0 Å². The molecule has 0 unspecified atom stereocenters. The minimum atomic E-state index is 0.602. The third kappa shape index (κ3) is 3.10. The number of imidazole rings is 1. The molecular weight excluding hydrogens is 246 g/mol. The fourth-order valence-electron chi connectivity index (χ4n) is 2.51. The average Bonchev–Trinajstić information content (AvgIpc) is 3.19. The molecule has 3 heteroatoms. The molecule has 1 aliphatic rings. The minimum Gasteiger partial charge on any atom is -0.330 e. The molecule has 1 aromatic heterocycles. The highest BCUT2D eigenvalue weighted by Gasteiger charge is 2.24.